The van der Waals surface area contributed by atoms with Crippen molar-refractivity contribution in [2.45, 2.75) is 25.5 Å². The number of rotatable bonds is 3. The second-order valence-corrected chi connectivity index (χ2v) is 5.64. The van der Waals surface area contributed by atoms with E-state index in [1.807, 2.05) is 28.8 Å². The molecule has 20 heavy (non-hydrogen) atoms. The average Bonchev–Trinajstić information content (AvgIpc) is 2.85. The summed E-state index contributed by atoms with van der Waals surface area (Å²) in [6, 6.07) is 6.38. The topological polar surface area (TPSA) is 44.0 Å². The summed E-state index contributed by atoms with van der Waals surface area (Å²) < 4.78 is 1.97. The van der Waals surface area contributed by atoms with E-state index >= 15 is 0 Å². The van der Waals surface area contributed by atoms with Crippen LogP contribution < -0.4 is 4.90 Å². The molecule has 2 aromatic heterocycles. The van der Waals surface area contributed by atoms with Gasteiger partial charge in [0, 0.05) is 25.8 Å². The van der Waals surface area contributed by atoms with Crippen LogP contribution in [0.4, 0.5) is 5.82 Å². The van der Waals surface area contributed by atoms with E-state index in [4.69, 9.17) is 4.98 Å². The Balaban J connectivity index is 1.96. The quantitative estimate of drug-likeness (QED) is 0.918. The van der Waals surface area contributed by atoms with Gasteiger partial charge in [-0.05, 0) is 38.6 Å². The van der Waals surface area contributed by atoms with Gasteiger partial charge in [-0.1, -0.05) is 6.07 Å². The summed E-state index contributed by atoms with van der Waals surface area (Å²) in [6.45, 7) is 2.23. The van der Waals surface area contributed by atoms with Crippen molar-refractivity contribution in [1.82, 2.24) is 14.3 Å². The summed E-state index contributed by atoms with van der Waals surface area (Å²) in [5.41, 5.74) is 1.76. The number of fused-ring (bicyclic) bond motifs is 1. The fraction of sp³-hybridized carbons (Fsp3) is 0.533. The predicted octanol–water partition coefficient (Wildman–Crippen LogP) is 1.36. The number of anilines is 1. The number of hydrogen-bond acceptors (Lipinski definition) is 4. The summed E-state index contributed by atoms with van der Waals surface area (Å²) in [7, 11) is 4.25. The van der Waals surface area contributed by atoms with Gasteiger partial charge in [0.1, 0.15) is 5.65 Å². The Morgan fingerprint density at radius 1 is 1.45 bits per heavy atom. The number of piperidine rings is 1. The number of imidazole rings is 1. The molecule has 1 aliphatic rings. The second-order valence-electron chi connectivity index (χ2n) is 5.64. The number of pyridine rings is 1. The summed E-state index contributed by atoms with van der Waals surface area (Å²) in [4.78, 5) is 9.28. The van der Waals surface area contributed by atoms with Crippen LogP contribution in [0.5, 0.6) is 0 Å². The standard InChI is InChI=1S/C15H22N4O/c1-17-8-5-6-12(10-17)18(2)15-13(11-20)19-9-4-3-7-14(19)16-15/h3-4,7,9,12,20H,5-6,8,10-11H2,1-2H3. The molecule has 0 saturated carbocycles. The monoisotopic (exact) mass is 274 g/mol. The molecule has 0 radical (unpaired) electrons. The lowest BCUT2D eigenvalue weighted by Gasteiger charge is -2.36. The van der Waals surface area contributed by atoms with Gasteiger partial charge < -0.3 is 14.9 Å². The van der Waals surface area contributed by atoms with E-state index < -0.39 is 0 Å². The lowest BCUT2D eigenvalue weighted by Crippen LogP contribution is -2.45. The SMILES string of the molecule is CN1CCCC(N(C)c2nc3ccccn3c2CO)C1. The van der Waals surface area contributed by atoms with Crippen molar-refractivity contribution in [2.75, 3.05) is 32.1 Å². The summed E-state index contributed by atoms with van der Waals surface area (Å²) in [5.74, 6) is 0.902. The van der Waals surface area contributed by atoms with E-state index in [0.717, 1.165) is 23.7 Å². The summed E-state index contributed by atoms with van der Waals surface area (Å²) in [5, 5.41) is 9.71. The first kappa shape index (κ1) is 13.4. The molecule has 0 bridgehead atoms. The van der Waals surface area contributed by atoms with E-state index in [1.54, 1.807) is 0 Å². The number of aliphatic hydroxyl groups is 1. The maximum Gasteiger partial charge on any atom is 0.153 e. The molecule has 0 spiro atoms. The van der Waals surface area contributed by atoms with Crippen molar-refractivity contribution in [3.05, 3.63) is 30.1 Å². The molecular weight excluding hydrogens is 252 g/mol. The van der Waals surface area contributed by atoms with Gasteiger partial charge in [0.25, 0.3) is 0 Å². The highest BCUT2D eigenvalue weighted by atomic mass is 16.3. The highest BCUT2D eigenvalue weighted by Crippen LogP contribution is 2.25. The third-order valence-corrected chi connectivity index (χ3v) is 4.24. The van der Waals surface area contributed by atoms with Gasteiger partial charge in [-0.15, -0.1) is 0 Å². The largest absolute Gasteiger partial charge is 0.390 e. The van der Waals surface area contributed by atoms with Crippen LogP contribution in [0.25, 0.3) is 5.65 Å². The Morgan fingerprint density at radius 2 is 2.30 bits per heavy atom. The van der Waals surface area contributed by atoms with Gasteiger partial charge in [0.2, 0.25) is 0 Å². The predicted molar refractivity (Wildman–Crippen MR) is 80.0 cm³/mol. The Morgan fingerprint density at radius 3 is 3.05 bits per heavy atom. The molecule has 0 amide bonds. The molecule has 3 heterocycles. The molecule has 5 nitrogen and oxygen atoms in total. The third-order valence-electron chi connectivity index (χ3n) is 4.24. The third kappa shape index (κ3) is 2.27. The maximum absolute atomic E-state index is 9.71. The number of hydrogen-bond donors (Lipinski definition) is 1. The van der Waals surface area contributed by atoms with Crippen LogP contribution in [0.15, 0.2) is 24.4 Å². The van der Waals surface area contributed by atoms with E-state index in [9.17, 15) is 5.11 Å². The lowest BCUT2D eigenvalue weighted by molar-refractivity contribution is 0.246. The molecule has 1 atom stereocenters. The Hall–Kier alpha value is -1.59. The van der Waals surface area contributed by atoms with Crippen molar-refractivity contribution in [1.29, 1.82) is 0 Å². The molecule has 0 aliphatic carbocycles. The first-order valence-corrected chi connectivity index (χ1v) is 7.19. The lowest BCUT2D eigenvalue weighted by atomic mass is 10.1. The molecule has 1 aliphatic heterocycles. The van der Waals surface area contributed by atoms with Crippen LogP contribution in [0.2, 0.25) is 0 Å². The van der Waals surface area contributed by atoms with Crippen LogP contribution in [0.3, 0.4) is 0 Å². The number of likely N-dealkylation sites (N-methyl/N-ethyl adjacent to an activating group) is 2. The van der Waals surface area contributed by atoms with E-state index in [-0.39, 0.29) is 6.61 Å². The highest BCUT2D eigenvalue weighted by Gasteiger charge is 2.25. The zero-order valence-corrected chi connectivity index (χ0v) is 12.2. The average molecular weight is 274 g/mol. The van der Waals surface area contributed by atoms with E-state index in [2.05, 4.69) is 23.9 Å². The minimum absolute atomic E-state index is 0.00735. The number of likely N-dealkylation sites (tertiary alicyclic amines) is 1. The second kappa shape index (κ2) is 5.42. The zero-order valence-electron chi connectivity index (χ0n) is 12.2. The van der Waals surface area contributed by atoms with Crippen molar-refractivity contribution in [2.24, 2.45) is 0 Å². The fourth-order valence-electron chi connectivity index (χ4n) is 3.09. The number of nitrogens with zero attached hydrogens (tertiary/aromatic N) is 4. The van der Waals surface area contributed by atoms with E-state index in [0.29, 0.717) is 6.04 Å². The summed E-state index contributed by atoms with van der Waals surface area (Å²) >= 11 is 0. The van der Waals surface area contributed by atoms with Gasteiger partial charge in [-0.3, -0.25) is 4.40 Å². The first-order valence-electron chi connectivity index (χ1n) is 7.19. The van der Waals surface area contributed by atoms with Crippen molar-refractivity contribution >= 4 is 11.5 Å². The Kier molecular flexibility index (Phi) is 3.63. The molecule has 1 N–H and O–H groups in total. The van der Waals surface area contributed by atoms with Crippen LogP contribution in [-0.4, -0.2) is 52.6 Å². The van der Waals surface area contributed by atoms with Gasteiger partial charge >= 0.3 is 0 Å². The highest BCUT2D eigenvalue weighted by molar-refractivity contribution is 5.56. The Labute approximate surface area is 119 Å². The van der Waals surface area contributed by atoms with Gasteiger partial charge in [0.15, 0.2) is 5.82 Å². The van der Waals surface area contributed by atoms with Gasteiger partial charge in [0.05, 0.1) is 12.3 Å². The minimum atomic E-state index is 0.00735. The molecule has 1 unspecified atom stereocenters. The zero-order chi connectivity index (χ0) is 14.1. The molecule has 1 fully saturated rings. The van der Waals surface area contributed by atoms with Crippen molar-refractivity contribution in [3.8, 4) is 0 Å². The summed E-state index contributed by atoms with van der Waals surface area (Å²) in [6.07, 6.45) is 4.35. The molecule has 3 rings (SSSR count). The first-order chi connectivity index (χ1) is 9.70. The Bertz CT molecular complexity index is 595. The normalized spacial score (nSPS) is 20.4. The fourth-order valence-corrected chi connectivity index (χ4v) is 3.09. The van der Waals surface area contributed by atoms with Gasteiger partial charge in [-0.25, -0.2) is 4.98 Å². The van der Waals surface area contributed by atoms with E-state index in [1.165, 1.54) is 19.4 Å². The van der Waals surface area contributed by atoms with Gasteiger partial charge in [-0.2, -0.15) is 0 Å². The van der Waals surface area contributed by atoms with Crippen molar-refractivity contribution < 1.29 is 5.11 Å². The molecule has 1 saturated heterocycles. The maximum atomic E-state index is 9.71. The van der Waals surface area contributed by atoms with Crippen molar-refractivity contribution in [3.63, 3.8) is 0 Å². The number of aliphatic hydroxyl groups excluding tert-OH is 1. The molecule has 0 aromatic carbocycles. The van der Waals surface area contributed by atoms with Crippen LogP contribution in [0.1, 0.15) is 18.5 Å². The smallest absolute Gasteiger partial charge is 0.153 e. The molecular formula is C15H22N4O. The van der Waals surface area contributed by atoms with Crippen LogP contribution in [0, 0.1) is 0 Å². The van der Waals surface area contributed by atoms with Crippen LogP contribution >= 0.6 is 0 Å². The molecule has 2 aromatic rings. The number of aromatic nitrogens is 2. The minimum Gasteiger partial charge on any atom is -0.390 e. The molecule has 5 heteroatoms. The van der Waals surface area contributed by atoms with Crippen LogP contribution in [-0.2, 0) is 6.61 Å². The molecule has 108 valence electrons.